The number of benzene rings is 1. The molecule has 178 valence electrons. The minimum Gasteiger partial charge on any atom is -0.444 e. The number of imide groups is 1. The third kappa shape index (κ3) is 4.80. The van der Waals surface area contributed by atoms with Crippen molar-refractivity contribution in [1.29, 1.82) is 0 Å². The van der Waals surface area contributed by atoms with Crippen LogP contribution in [0.2, 0.25) is 0 Å². The molecule has 10 nitrogen and oxygen atoms in total. The van der Waals surface area contributed by atoms with Gasteiger partial charge in [0.05, 0.1) is 36.8 Å². The second-order valence-corrected chi connectivity index (χ2v) is 9.63. The number of imidazole rings is 1. The summed E-state index contributed by atoms with van der Waals surface area (Å²) >= 11 is 0. The minimum atomic E-state index is -0.695. The SMILES string of the molecule is Cn1c(=O)n(C2CCC(=O)NC2=O)c2ccc(CCOC3CN(C(=O)OC(C)(C)C)C3)cc21. The summed E-state index contributed by atoms with van der Waals surface area (Å²) in [7, 11) is 1.67. The van der Waals surface area contributed by atoms with Gasteiger partial charge >= 0.3 is 11.8 Å². The molecule has 1 N–H and O–H groups in total. The van der Waals surface area contributed by atoms with E-state index in [0.717, 1.165) is 11.1 Å². The van der Waals surface area contributed by atoms with Gasteiger partial charge in [-0.1, -0.05) is 6.07 Å². The molecule has 10 heteroatoms. The molecule has 0 aliphatic carbocycles. The molecule has 1 aromatic carbocycles. The number of carbonyl (C=O) groups is 3. The van der Waals surface area contributed by atoms with Gasteiger partial charge in [-0.25, -0.2) is 9.59 Å². The standard InChI is InChI=1S/C23H30N4O6/c1-23(2,3)33-22(31)26-12-15(13-26)32-10-9-14-5-6-16-18(11-14)25(4)21(30)27(16)17-7-8-19(28)24-20(17)29/h5-6,11,15,17H,7-10,12-13H2,1-4H3,(H,24,28,29). The highest BCUT2D eigenvalue weighted by atomic mass is 16.6. The van der Waals surface area contributed by atoms with E-state index in [4.69, 9.17) is 9.47 Å². The van der Waals surface area contributed by atoms with Crippen molar-refractivity contribution in [2.45, 2.75) is 57.8 Å². The average Bonchev–Trinajstić information content (AvgIpc) is 2.93. The number of likely N-dealkylation sites (tertiary alicyclic amines) is 1. The van der Waals surface area contributed by atoms with Crippen LogP contribution in [0.25, 0.3) is 11.0 Å². The highest BCUT2D eigenvalue weighted by Crippen LogP contribution is 2.24. The molecule has 0 bridgehead atoms. The number of aromatic nitrogens is 2. The number of fused-ring (bicyclic) bond motifs is 1. The molecule has 1 unspecified atom stereocenters. The minimum absolute atomic E-state index is 0.0146. The maximum absolute atomic E-state index is 12.8. The molecule has 4 rings (SSSR count). The predicted octanol–water partition coefficient (Wildman–Crippen LogP) is 1.50. The Hall–Kier alpha value is -3.14. The van der Waals surface area contributed by atoms with Crippen LogP contribution in [-0.2, 0) is 32.5 Å². The van der Waals surface area contributed by atoms with Crippen molar-refractivity contribution in [3.8, 4) is 0 Å². The van der Waals surface area contributed by atoms with Gasteiger partial charge in [-0.3, -0.25) is 24.0 Å². The second kappa shape index (κ2) is 8.66. The molecule has 2 aliphatic heterocycles. The van der Waals surface area contributed by atoms with Gasteiger partial charge in [0.15, 0.2) is 0 Å². The van der Waals surface area contributed by atoms with Gasteiger partial charge in [0, 0.05) is 13.5 Å². The smallest absolute Gasteiger partial charge is 0.410 e. The number of piperidine rings is 1. The molecule has 0 spiro atoms. The lowest BCUT2D eigenvalue weighted by atomic mass is 10.1. The summed E-state index contributed by atoms with van der Waals surface area (Å²) in [6.07, 6.45) is 0.826. The number of carbonyl (C=O) groups excluding carboxylic acids is 3. The lowest BCUT2D eigenvalue weighted by Gasteiger charge is -2.39. The van der Waals surface area contributed by atoms with E-state index in [0.29, 0.717) is 38.1 Å². The lowest BCUT2D eigenvalue weighted by Crippen LogP contribution is -2.56. The van der Waals surface area contributed by atoms with Crippen LogP contribution >= 0.6 is 0 Å². The number of ether oxygens (including phenoxy) is 2. The van der Waals surface area contributed by atoms with Crippen molar-refractivity contribution in [2.75, 3.05) is 19.7 Å². The summed E-state index contributed by atoms with van der Waals surface area (Å²) in [6, 6.07) is 4.99. The van der Waals surface area contributed by atoms with Crippen LogP contribution in [0, 0.1) is 0 Å². The summed E-state index contributed by atoms with van der Waals surface area (Å²) < 4.78 is 14.2. The molecule has 3 amide bonds. The summed E-state index contributed by atoms with van der Waals surface area (Å²) in [5.41, 5.74) is 1.58. The fourth-order valence-corrected chi connectivity index (χ4v) is 4.16. The first-order valence-corrected chi connectivity index (χ1v) is 11.2. The van der Waals surface area contributed by atoms with Crippen LogP contribution in [-0.4, -0.2) is 63.3 Å². The molecule has 2 saturated heterocycles. The van der Waals surface area contributed by atoms with Gasteiger partial charge in [-0.05, 0) is 51.3 Å². The first-order valence-electron chi connectivity index (χ1n) is 11.2. The summed E-state index contributed by atoms with van der Waals surface area (Å²) in [5, 5.41) is 2.32. The number of hydrogen-bond acceptors (Lipinski definition) is 6. The quantitative estimate of drug-likeness (QED) is 0.680. The summed E-state index contributed by atoms with van der Waals surface area (Å²) in [4.78, 5) is 50.2. The second-order valence-electron chi connectivity index (χ2n) is 9.63. The Kier molecular flexibility index (Phi) is 6.04. The van der Waals surface area contributed by atoms with Crippen molar-refractivity contribution < 1.29 is 23.9 Å². The monoisotopic (exact) mass is 458 g/mol. The number of nitrogens with zero attached hydrogens (tertiary/aromatic N) is 3. The van der Waals surface area contributed by atoms with E-state index < -0.39 is 17.6 Å². The molecule has 33 heavy (non-hydrogen) atoms. The molecule has 1 atom stereocenters. The van der Waals surface area contributed by atoms with Crippen LogP contribution in [0.15, 0.2) is 23.0 Å². The Morgan fingerprint density at radius 2 is 1.88 bits per heavy atom. The van der Waals surface area contributed by atoms with Gasteiger partial charge < -0.3 is 14.4 Å². The van der Waals surface area contributed by atoms with Gasteiger partial charge in [-0.2, -0.15) is 0 Å². The van der Waals surface area contributed by atoms with E-state index in [-0.39, 0.29) is 30.2 Å². The Morgan fingerprint density at radius 3 is 2.55 bits per heavy atom. The number of rotatable bonds is 5. The maximum atomic E-state index is 12.8. The number of nitrogens with one attached hydrogen (secondary N) is 1. The first kappa shape index (κ1) is 23.0. The zero-order valence-electron chi connectivity index (χ0n) is 19.4. The van der Waals surface area contributed by atoms with Gasteiger partial charge in [-0.15, -0.1) is 0 Å². The molecular weight excluding hydrogens is 428 g/mol. The van der Waals surface area contributed by atoms with E-state index in [2.05, 4.69) is 5.32 Å². The average molecular weight is 459 g/mol. The van der Waals surface area contributed by atoms with Crippen molar-refractivity contribution in [2.24, 2.45) is 7.05 Å². The van der Waals surface area contributed by atoms with Gasteiger partial charge in [0.1, 0.15) is 11.6 Å². The Morgan fingerprint density at radius 1 is 1.15 bits per heavy atom. The summed E-state index contributed by atoms with van der Waals surface area (Å²) in [6.45, 7) is 7.02. The van der Waals surface area contributed by atoms with E-state index in [1.807, 2.05) is 39.0 Å². The van der Waals surface area contributed by atoms with Crippen LogP contribution in [0.4, 0.5) is 4.79 Å². The zero-order valence-corrected chi connectivity index (χ0v) is 19.4. The van der Waals surface area contributed by atoms with Crippen LogP contribution in [0.3, 0.4) is 0 Å². The third-order valence-corrected chi connectivity index (χ3v) is 5.92. The van der Waals surface area contributed by atoms with E-state index >= 15 is 0 Å². The molecule has 0 saturated carbocycles. The normalized spacial score (nSPS) is 19.5. The molecule has 2 aliphatic rings. The number of amides is 3. The van der Waals surface area contributed by atoms with Crippen molar-refractivity contribution in [3.05, 3.63) is 34.2 Å². The van der Waals surface area contributed by atoms with E-state index in [1.54, 1.807) is 11.9 Å². The largest absolute Gasteiger partial charge is 0.444 e. The molecule has 3 heterocycles. The molecule has 1 aromatic heterocycles. The molecular formula is C23H30N4O6. The molecule has 2 aromatic rings. The highest BCUT2D eigenvalue weighted by molar-refractivity contribution is 6.00. The highest BCUT2D eigenvalue weighted by Gasteiger charge is 2.34. The van der Waals surface area contributed by atoms with Crippen molar-refractivity contribution in [1.82, 2.24) is 19.4 Å². The van der Waals surface area contributed by atoms with E-state index in [9.17, 15) is 19.2 Å². The van der Waals surface area contributed by atoms with Crippen molar-refractivity contribution >= 4 is 28.9 Å². The first-order chi connectivity index (χ1) is 15.5. The van der Waals surface area contributed by atoms with Gasteiger partial charge in [0.2, 0.25) is 11.8 Å². The Bertz CT molecular complexity index is 1150. The van der Waals surface area contributed by atoms with Crippen molar-refractivity contribution in [3.63, 3.8) is 0 Å². The topological polar surface area (TPSA) is 112 Å². The summed E-state index contributed by atoms with van der Waals surface area (Å²) in [5.74, 6) is -0.758. The third-order valence-electron chi connectivity index (χ3n) is 5.92. The maximum Gasteiger partial charge on any atom is 0.410 e. The predicted molar refractivity (Wildman–Crippen MR) is 120 cm³/mol. The number of aryl methyl sites for hydroxylation is 1. The van der Waals surface area contributed by atoms with Crippen LogP contribution < -0.4 is 11.0 Å². The van der Waals surface area contributed by atoms with E-state index in [1.165, 1.54) is 9.13 Å². The fourth-order valence-electron chi connectivity index (χ4n) is 4.16. The molecule has 0 radical (unpaired) electrons. The zero-order chi connectivity index (χ0) is 23.9. The molecule has 2 fully saturated rings. The lowest BCUT2D eigenvalue weighted by molar-refractivity contribution is -0.135. The van der Waals surface area contributed by atoms with Crippen LogP contribution in [0.5, 0.6) is 0 Å². The van der Waals surface area contributed by atoms with Gasteiger partial charge in [0.25, 0.3) is 0 Å². The number of hydrogen-bond donors (Lipinski definition) is 1. The van der Waals surface area contributed by atoms with Crippen LogP contribution in [0.1, 0.15) is 45.2 Å². The fraction of sp³-hybridized carbons (Fsp3) is 0.565. The Balaban J connectivity index is 1.36. The Labute approximate surface area is 191 Å².